The van der Waals surface area contributed by atoms with E-state index in [-0.39, 0.29) is 17.5 Å². The van der Waals surface area contributed by atoms with Crippen molar-refractivity contribution in [2.24, 2.45) is 0 Å². The Morgan fingerprint density at radius 2 is 2.10 bits per heavy atom. The molecule has 2 aromatic rings. The first kappa shape index (κ1) is 14.5. The zero-order valence-electron chi connectivity index (χ0n) is 11.3. The number of amides is 1. The number of rotatable bonds is 4. The van der Waals surface area contributed by atoms with E-state index in [4.69, 9.17) is 11.6 Å². The van der Waals surface area contributed by atoms with E-state index in [1.807, 2.05) is 18.2 Å². The summed E-state index contributed by atoms with van der Waals surface area (Å²) in [7, 11) is 0. The van der Waals surface area contributed by atoms with E-state index < -0.39 is 5.38 Å². The molecule has 106 valence electrons. The van der Waals surface area contributed by atoms with Gasteiger partial charge in [0.15, 0.2) is 0 Å². The molecule has 1 aromatic carbocycles. The third-order valence-electron chi connectivity index (χ3n) is 2.96. The number of fused-ring (bicyclic) bond motifs is 1. The van der Waals surface area contributed by atoms with Crippen LogP contribution in [0.2, 0.25) is 0 Å². The van der Waals surface area contributed by atoms with Gasteiger partial charge >= 0.3 is 0 Å². The Bertz CT molecular complexity index is 681. The van der Waals surface area contributed by atoms with Gasteiger partial charge in [0.05, 0.1) is 18.1 Å². The number of nitrogens with one attached hydrogen (secondary N) is 1. The number of alkyl halides is 1. The number of benzene rings is 1. The van der Waals surface area contributed by atoms with E-state index in [9.17, 15) is 9.59 Å². The quantitative estimate of drug-likeness (QED) is 0.870. The number of carbonyl (C=O) groups is 1. The van der Waals surface area contributed by atoms with Crippen LogP contribution in [0.3, 0.4) is 0 Å². The Morgan fingerprint density at radius 1 is 1.40 bits per heavy atom. The van der Waals surface area contributed by atoms with Gasteiger partial charge in [-0.3, -0.25) is 9.59 Å². The lowest BCUT2D eigenvalue weighted by atomic mass is 10.2. The average Bonchev–Trinajstić information content (AvgIpc) is 2.42. The molecule has 2 atom stereocenters. The molecule has 0 aliphatic heterocycles. The second-order valence-corrected chi connectivity index (χ2v) is 5.40. The van der Waals surface area contributed by atoms with E-state index in [2.05, 4.69) is 10.4 Å². The van der Waals surface area contributed by atoms with Crippen LogP contribution < -0.4 is 10.9 Å². The fourth-order valence-electron chi connectivity index (χ4n) is 1.92. The minimum Gasteiger partial charge on any atom is -0.351 e. The van der Waals surface area contributed by atoms with Crippen molar-refractivity contribution >= 4 is 28.3 Å². The van der Waals surface area contributed by atoms with Gasteiger partial charge in [-0.25, -0.2) is 4.68 Å². The van der Waals surface area contributed by atoms with Gasteiger partial charge in [0.1, 0.15) is 5.38 Å². The average molecular weight is 294 g/mol. The summed E-state index contributed by atoms with van der Waals surface area (Å²) in [5, 5.41) is 7.68. The van der Waals surface area contributed by atoms with E-state index in [0.717, 1.165) is 5.39 Å². The summed E-state index contributed by atoms with van der Waals surface area (Å²) in [4.78, 5) is 23.7. The largest absolute Gasteiger partial charge is 0.351 e. The number of hydrogen-bond donors (Lipinski definition) is 1. The summed E-state index contributed by atoms with van der Waals surface area (Å²) < 4.78 is 1.35. The maximum Gasteiger partial charge on any atom is 0.274 e. The van der Waals surface area contributed by atoms with Gasteiger partial charge in [-0.05, 0) is 19.9 Å². The SMILES string of the molecule is CC(Cn1ncc2ccccc2c1=O)NC(=O)C(C)Cl. The van der Waals surface area contributed by atoms with Crippen molar-refractivity contribution in [2.45, 2.75) is 31.8 Å². The summed E-state index contributed by atoms with van der Waals surface area (Å²) in [6.07, 6.45) is 1.65. The highest BCUT2D eigenvalue weighted by molar-refractivity contribution is 6.30. The molecular formula is C14H16ClN3O2. The topological polar surface area (TPSA) is 64.0 Å². The van der Waals surface area contributed by atoms with Crippen LogP contribution in [-0.4, -0.2) is 27.1 Å². The molecule has 0 saturated carbocycles. The lowest BCUT2D eigenvalue weighted by Gasteiger charge is -2.15. The van der Waals surface area contributed by atoms with Gasteiger partial charge in [-0.1, -0.05) is 18.2 Å². The Balaban J connectivity index is 2.20. The monoisotopic (exact) mass is 293 g/mol. The summed E-state index contributed by atoms with van der Waals surface area (Å²) in [5.41, 5.74) is -0.164. The third-order valence-corrected chi connectivity index (χ3v) is 3.16. The second-order valence-electron chi connectivity index (χ2n) is 4.74. The number of hydrogen-bond acceptors (Lipinski definition) is 3. The first-order chi connectivity index (χ1) is 9.49. The van der Waals surface area contributed by atoms with Crippen LogP contribution in [0.25, 0.3) is 10.8 Å². The molecule has 1 aromatic heterocycles. The number of carbonyl (C=O) groups excluding carboxylic acids is 1. The summed E-state index contributed by atoms with van der Waals surface area (Å²) in [5.74, 6) is -0.256. The lowest BCUT2D eigenvalue weighted by molar-refractivity contribution is -0.121. The molecule has 0 radical (unpaired) electrons. The zero-order valence-corrected chi connectivity index (χ0v) is 12.1. The van der Waals surface area contributed by atoms with Gasteiger partial charge in [0.2, 0.25) is 5.91 Å². The van der Waals surface area contributed by atoms with Gasteiger partial charge < -0.3 is 5.32 Å². The Kier molecular flexibility index (Phi) is 4.39. The molecule has 2 unspecified atom stereocenters. The van der Waals surface area contributed by atoms with Gasteiger partial charge in [0.25, 0.3) is 5.56 Å². The van der Waals surface area contributed by atoms with Crippen molar-refractivity contribution in [1.29, 1.82) is 0 Å². The Morgan fingerprint density at radius 3 is 2.80 bits per heavy atom. The summed E-state index contributed by atoms with van der Waals surface area (Å²) in [6, 6.07) is 7.05. The molecule has 1 heterocycles. The third kappa shape index (κ3) is 3.17. The molecule has 2 rings (SSSR count). The highest BCUT2D eigenvalue weighted by Gasteiger charge is 2.14. The zero-order chi connectivity index (χ0) is 14.7. The van der Waals surface area contributed by atoms with Crippen molar-refractivity contribution in [3.63, 3.8) is 0 Å². The van der Waals surface area contributed by atoms with E-state index in [1.54, 1.807) is 26.1 Å². The van der Waals surface area contributed by atoms with Crippen LogP contribution in [0, 0.1) is 0 Å². The fraction of sp³-hybridized carbons (Fsp3) is 0.357. The molecule has 0 aliphatic carbocycles. The molecule has 0 bridgehead atoms. The number of aromatic nitrogens is 2. The Labute approximate surface area is 121 Å². The molecule has 6 heteroatoms. The van der Waals surface area contributed by atoms with Gasteiger partial charge in [-0.15, -0.1) is 11.6 Å². The smallest absolute Gasteiger partial charge is 0.274 e. The normalized spacial score (nSPS) is 13.9. The van der Waals surface area contributed by atoms with Gasteiger partial charge in [0, 0.05) is 11.4 Å². The van der Waals surface area contributed by atoms with Crippen molar-refractivity contribution < 1.29 is 4.79 Å². The van der Waals surface area contributed by atoms with Crippen LogP contribution in [0.1, 0.15) is 13.8 Å². The van der Waals surface area contributed by atoms with Crippen molar-refractivity contribution in [2.75, 3.05) is 0 Å². The first-order valence-electron chi connectivity index (χ1n) is 6.38. The lowest BCUT2D eigenvalue weighted by Crippen LogP contribution is -2.41. The van der Waals surface area contributed by atoms with E-state index in [0.29, 0.717) is 11.9 Å². The maximum atomic E-state index is 12.2. The van der Waals surface area contributed by atoms with E-state index >= 15 is 0 Å². The molecule has 0 saturated heterocycles. The van der Waals surface area contributed by atoms with Crippen LogP contribution in [-0.2, 0) is 11.3 Å². The molecule has 0 aliphatic rings. The van der Waals surface area contributed by atoms with Crippen LogP contribution in [0.4, 0.5) is 0 Å². The summed E-state index contributed by atoms with van der Waals surface area (Å²) >= 11 is 5.69. The maximum absolute atomic E-state index is 12.2. The number of nitrogens with zero attached hydrogens (tertiary/aromatic N) is 2. The fourth-order valence-corrected chi connectivity index (χ4v) is 1.98. The standard InChI is InChI=1S/C14H16ClN3O2/c1-9(17-13(19)10(2)15)8-18-14(20)12-6-4-3-5-11(12)7-16-18/h3-7,9-10H,8H2,1-2H3,(H,17,19). The van der Waals surface area contributed by atoms with Crippen LogP contribution >= 0.6 is 11.6 Å². The second kappa shape index (κ2) is 6.05. The first-order valence-corrected chi connectivity index (χ1v) is 6.82. The molecule has 5 nitrogen and oxygen atoms in total. The van der Waals surface area contributed by atoms with Crippen molar-refractivity contribution in [3.8, 4) is 0 Å². The summed E-state index contributed by atoms with van der Waals surface area (Å²) in [6.45, 7) is 3.71. The van der Waals surface area contributed by atoms with Crippen LogP contribution in [0.15, 0.2) is 35.3 Å². The molecular weight excluding hydrogens is 278 g/mol. The molecule has 20 heavy (non-hydrogen) atoms. The highest BCUT2D eigenvalue weighted by Crippen LogP contribution is 2.06. The van der Waals surface area contributed by atoms with Gasteiger partial charge in [-0.2, -0.15) is 5.10 Å². The van der Waals surface area contributed by atoms with Crippen molar-refractivity contribution in [1.82, 2.24) is 15.1 Å². The van der Waals surface area contributed by atoms with Crippen molar-refractivity contribution in [3.05, 3.63) is 40.8 Å². The molecule has 1 N–H and O–H groups in total. The molecule has 1 amide bonds. The predicted octanol–water partition coefficient (Wildman–Crippen LogP) is 1.53. The molecule has 0 fully saturated rings. The highest BCUT2D eigenvalue weighted by atomic mass is 35.5. The van der Waals surface area contributed by atoms with E-state index in [1.165, 1.54) is 4.68 Å². The minimum atomic E-state index is -0.598. The Hall–Kier alpha value is -1.88. The minimum absolute atomic E-state index is 0.164. The van der Waals surface area contributed by atoms with Crippen LogP contribution in [0.5, 0.6) is 0 Å². The molecule has 0 spiro atoms. The number of halogens is 1. The predicted molar refractivity (Wildman–Crippen MR) is 78.9 cm³/mol.